The second kappa shape index (κ2) is 67.6. The normalized spacial score (nSPS) is 12.4. The van der Waals surface area contributed by atoms with Crippen LogP contribution in [0.25, 0.3) is 0 Å². The third kappa shape index (κ3) is 65.8. The van der Waals surface area contributed by atoms with E-state index < -0.39 is 6.10 Å². The number of carbonyl (C=O) groups excluding carboxylic acids is 3. The number of rotatable bonds is 64. The molecule has 0 aliphatic carbocycles. The van der Waals surface area contributed by atoms with Crippen LogP contribution < -0.4 is 0 Å². The molecule has 6 nitrogen and oxygen atoms in total. The van der Waals surface area contributed by atoms with Gasteiger partial charge in [0, 0.05) is 19.3 Å². The quantitative estimate of drug-likeness (QED) is 0.0261. The predicted octanol–water partition coefficient (Wildman–Crippen LogP) is 23.9. The number of unbranched alkanes of at least 4 members (excludes halogenated alkanes) is 43. The van der Waals surface area contributed by atoms with Crippen LogP contribution >= 0.6 is 0 Å². The summed E-state index contributed by atoms with van der Waals surface area (Å²) in [6, 6.07) is 0. The molecule has 0 radical (unpaired) electrons. The topological polar surface area (TPSA) is 78.9 Å². The molecule has 0 spiro atoms. The summed E-state index contributed by atoms with van der Waals surface area (Å²) in [5.41, 5.74) is 0. The van der Waals surface area contributed by atoms with Gasteiger partial charge in [-0.2, -0.15) is 0 Å². The van der Waals surface area contributed by atoms with Gasteiger partial charge in [-0.3, -0.25) is 14.4 Å². The van der Waals surface area contributed by atoms with Crippen LogP contribution in [0.1, 0.15) is 367 Å². The first-order valence-electron chi connectivity index (χ1n) is 34.8. The van der Waals surface area contributed by atoms with E-state index in [9.17, 15) is 14.4 Å². The Morgan fingerprint density at radius 1 is 0.253 bits per heavy atom. The SMILES string of the molecule is CCCCC/C=C\C/C=C\C/C=C\C/C=C\CCCCCC(=O)O[C@H](COC(=O)CCCCCCCCCCCCC/C=C\CCCCCCCC)COC(=O)CCCCCCCCCCCCCCCCCCCCCCC. The van der Waals surface area contributed by atoms with E-state index in [1.54, 1.807) is 0 Å². The molecular weight excluding hydrogens is 973 g/mol. The van der Waals surface area contributed by atoms with Gasteiger partial charge in [-0.1, -0.05) is 319 Å². The van der Waals surface area contributed by atoms with Crippen LogP contribution in [0.2, 0.25) is 0 Å². The molecule has 0 saturated heterocycles. The molecule has 0 fully saturated rings. The number of carbonyl (C=O) groups is 3. The lowest BCUT2D eigenvalue weighted by atomic mass is 10.0. The minimum atomic E-state index is -0.791. The number of allylic oxidation sites excluding steroid dienone is 10. The van der Waals surface area contributed by atoms with Gasteiger partial charge in [0.15, 0.2) is 6.10 Å². The Morgan fingerprint density at radius 2 is 0.456 bits per heavy atom. The number of hydrogen-bond donors (Lipinski definition) is 0. The summed E-state index contributed by atoms with van der Waals surface area (Å²) < 4.78 is 17.0. The van der Waals surface area contributed by atoms with Crippen molar-refractivity contribution in [1.82, 2.24) is 0 Å². The fourth-order valence-electron chi connectivity index (χ4n) is 10.2. The molecule has 0 rings (SSSR count). The summed E-state index contributed by atoms with van der Waals surface area (Å²) in [4.78, 5) is 38.4. The van der Waals surface area contributed by atoms with E-state index >= 15 is 0 Å². The first kappa shape index (κ1) is 76.1. The van der Waals surface area contributed by atoms with Crippen LogP contribution in [0.4, 0.5) is 0 Å². The summed E-state index contributed by atoms with van der Waals surface area (Å²) in [7, 11) is 0. The van der Waals surface area contributed by atoms with Crippen molar-refractivity contribution in [3.05, 3.63) is 60.8 Å². The van der Waals surface area contributed by atoms with Crippen molar-refractivity contribution in [2.45, 2.75) is 374 Å². The van der Waals surface area contributed by atoms with E-state index in [2.05, 4.69) is 81.5 Å². The molecule has 1 atom stereocenters. The molecule has 6 heteroatoms. The molecule has 79 heavy (non-hydrogen) atoms. The van der Waals surface area contributed by atoms with Crippen LogP contribution in [0, 0.1) is 0 Å². The zero-order chi connectivity index (χ0) is 57.1. The Balaban J connectivity index is 4.38. The Bertz CT molecular complexity index is 1410. The second-order valence-electron chi connectivity index (χ2n) is 23.4. The molecule has 0 aliphatic rings. The number of hydrogen-bond acceptors (Lipinski definition) is 6. The third-order valence-electron chi connectivity index (χ3n) is 15.5. The largest absolute Gasteiger partial charge is 0.462 e. The molecule has 0 aromatic heterocycles. The van der Waals surface area contributed by atoms with E-state index in [1.165, 1.54) is 244 Å². The average molecular weight is 1110 g/mol. The summed E-state index contributed by atoms with van der Waals surface area (Å²) in [6.07, 6.45) is 86.7. The van der Waals surface area contributed by atoms with Gasteiger partial charge in [0.25, 0.3) is 0 Å². The van der Waals surface area contributed by atoms with Crippen LogP contribution in [0.5, 0.6) is 0 Å². The van der Waals surface area contributed by atoms with Crippen molar-refractivity contribution in [1.29, 1.82) is 0 Å². The minimum absolute atomic E-state index is 0.0835. The van der Waals surface area contributed by atoms with Crippen molar-refractivity contribution in [2.75, 3.05) is 13.2 Å². The lowest BCUT2D eigenvalue weighted by Crippen LogP contribution is -2.30. The van der Waals surface area contributed by atoms with Gasteiger partial charge in [-0.05, 0) is 89.9 Å². The Kier molecular flexibility index (Phi) is 65.1. The van der Waals surface area contributed by atoms with E-state index in [0.29, 0.717) is 19.3 Å². The van der Waals surface area contributed by atoms with Gasteiger partial charge in [-0.15, -0.1) is 0 Å². The Morgan fingerprint density at radius 3 is 0.759 bits per heavy atom. The first-order valence-corrected chi connectivity index (χ1v) is 34.8. The molecular formula is C73H132O6. The molecule has 0 unspecified atom stereocenters. The lowest BCUT2D eigenvalue weighted by Gasteiger charge is -2.18. The smallest absolute Gasteiger partial charge is 0.306 e. The highest BCUT2D eigenvalue weighted by Crippen LogP contribution is 2.18. The third-order valence-corrected chi connectivity index (χ3v) is 15.5. The molecule has 0 heterocycles. The van der Waals surface area contributed by atoms with Gasteiger partial charge in [0.05, 0.1) is 0 Å². The molecule has 0 aromatic carbocycles. The molecule has 0 amide bonds. The van der Waals surface area contributed by atoms with E-state index in [1.807, 2.05) is 0 Å². The summed E-state index contributed by atoms with van der Waals surface area (Å²) in [5.74, 6) is -0.891. The van der Waals surface area contributed by atoms with Crippen LogP contribution in [-0.4, -0.2) is 37.2 Å². The van der Waals surface area contributed by atoms with Gasteiger partial charge in [0.1, 0.15) is 13.2 Å². The van der Waals surface area contributed by atoms with E-state index in [0.717, 1.165) is 83.5 Å². The summed E-state index contributed by atoms with van der Waals surface area (Å²) >= 11 is 0. The second-order valence-corrected chi connectivity index (χ2v) is 23.4. The van der Waals surface area contributed by atoms with Crippen LogP contribution in [0.3, 0.4) is 0 Å². The maximum Gasteiger partial charge on any atom is 0.306 e. The fourth-order valence-corrected chi connectivity index (χ4v) is 10.2. The van der Waals surface area contributed by atoms with Crippen molar-refractivity contribution >= 4 is 17.9 Å². The zero-order valence-corrected chi connectivity index (χ0v) is 52.9. The zero-order valence-electron chi connectivity index (χ0n) is 52.9. The minimum Gasteiger partial charge on any atom is -0.462 e. The van der Waals surface area contributed by atoms with Gasteiger partial charge in [-0.25, -0.2) is 0 Å². The fraction of sp³-hybridized carbons (Fsp3) is 0.822. The molecule has 0 aliphatic heterocycles. The molecule has 0 saturated carbocycles. The standard InChI is InChI=1S/C73H132O6/c1-4-7-10-13-16-19-22-25-28-31-34-36-39-41-44-47-50-53-56-59-62-65-71(74)77-68-70(79-73(76)67-64-61-58-55-52-49-46-43-38-33-30-27-24-21-18-15-12-9-6-3)69-78-72(75)66-63-60-57-54-51-48-45-42-40-37-35-32-29-26-23-20-17-14-11-8-5-2/h18,21,25,27-28,30,38,43,49,52,70H,4-17,19-20,22-24,26,29,31-37,39-42,44-48,50-51,53-69H2,1-3H3/b21-18-,28-25-,30-27-,43-38-,52-49-/t70-/m1/s1. The highest BCUT2D eigenvalue weighted by Gasteiger charge is 2.19. The average Bonchev–Trinajstić information content (AvgIpc) is 3.45. The Hall–Kier alpha value is -2.89. The molecule has 0 N–H and O–H groups in total. The summed E-state index contributed by atoms with van der Waals surface area (Å²) in [5, 5.41) is 0. The molecule has 0 bridgehead atoms. The first-order chi connectivity index (χ1) is 39.0. The highest BCUT2D eigenvalue weighted by molar-refractivity contribution is 5.71. The van der Waals surface area contributed by atoms with Crippen molar-refractivity contribution in [2.24, 2.45) is 0 Å². The van der Waals surface area contributed by atoms with Gasteiger partial charge >= 0.3 is 17.9 Å². The van der Waals surface area contributed by atoms with Crippen molar-refractivity contribution in [3.8, 4) is 0 Å². The van der Waals surface area contributed by atoms with Gasteiger partial charge < -0.3 is 14.2 Å². The molecule has 460 valence electrons. The van der Waals surface area contributed by atoms with E-state index in [-0.39, 0.29) is 31.1 Å². The lowest BCUT2D eigenvalue weighted by molar-refractivity contribution is -0.167. The number of ether oxygens (including phenoxy) is 3. The van der Waals surface area contributed by atoms with Crippen LogP contribution in [0.15, 0.2) is 60.8 Å². The summed E-state index contributed by atoms with van der Waals surface area (Å²) in [6.45, 7) is 6.65. The van der Waals surface area contributed by atoms with Gasteiger partial charge in [0.2, 0.25) is 0 Å². The number of esters is 3. The maximum atomic E-state index is 12.9. The monoisotopic (exact) mass is 1110 g/mol. The Labute approximate surface area is 491 Å². The predicted molar refractivity (Wildman–Crippen MR) is 344 cm³/mol. The molecule has 0 aromatic rings. The van der Waals surface area contributed by atoms with E-state index in [4.69, 9.17) is 14.2 Å². The van der Waals surface area contributed by atoms with Crippen LogP contribution in [-0.2, 0) is 28.6 Å². The van der Waals surface area contributed by atoms with Crippen molar-refractivity contribution < 1.29 is 28.6 Å². The maximum absolute atomic E-state index is 12.9. The van der Waals surface area contributed by atoms with Crippen molar-refractivity contribution in [3.63, 3.8) is 0 Å². The highest BCUT2D eigenvalue weighted by atomic mass is 16.6.